The Morgan fingerprint density at radius 2 is 2.12 bits per heavy atom. The van der Waals surface area contributed by atoms with Crippen LogP contribution in [0.3, 0.4) is 0 Å². The van der Waals surface area contributed by atoms with Gasteiger partial charge in [-0.15, -0.1) is 11.8 Å². The summed E-state index contributed by atoms with van der Waals surface area (Å²) in [7, 11) is 2.09. The number of likely N-dealkylation sites (tertiary alicyclic amines) is 1. The first-order valence-electron chi connectivity index (χ1n) is 5.59. The average molecular weight is 232 g/mol. The molecule has 1 fully saturated rings. The summed E-state index contributed by atoms with van der Waals surface area (Å²) in [6.07, 6.45) is 1.11. The van der Waals surface area contributed by atoms with Gasteiger partial charge < -0.3 is 4.90 Å². The molecule has 1 saturated heterocycles. The molecule has 2 nitrogen and oxygen atoms in total. The van der Waals surface area contributed by atoms with Crippen molar-refractivity contribution in [3.05, 3.63) is 30.3 Å². The molecule has 0 spiro atoms. The van der Waals surface area contributed by atoms with Crippen molar-refractivity contribution in [1.29, 1.82) is 5.26 Å². The van der Waals surface area contributed by atoms with Gasteiger partial charge in [-0.1, -0.05) is 18.2 Å². The summed E-state index contributed by atoms with van der Waals surface area (Å²) in [5.74, 6) is 0.156. The summed E-state index contributed by atoms with van der Waals surface area (Å²) in [6.45, 7) is 2.00. The van der Waals surface area contributed by atoms with Crippen molar-refractivity contribution < 1.29 is 0 Å². The van der Waals surface area contributed by atoms with E-state index in [0.29, 0.717) is 5.25 Å². The van der Waals surface area contributed by atoms with E-state index in [1.807, 2.05) is 17.8 Å². The lowest BCUT2D eigenvalue weighted by atomic mass is 10.00. The zero-order valence-corrected chi connectivity index (χ0v) is 10.3. The Morgan fingerprint density at radius 1 is 1.38 bits per heavy atom. The molecule has 16 heavy (non-hydrogen) atoms. The van der Waals surface area contributed by atoms with Gasteiger partial charge in [0.05, 0.1) is 12.0 Å². The molecule has 2 unspecified atom stereocenters. The van der Waals surface area contributed by atoms with Gasteiger partial charge >= 0.3 is 0 Å². The molecule has 0 saturated carbocycles. The van der Waals surface area contributed by atoms with Crippen molar-refractivity contribution in [3.8, 4) is 6.07 Å². The van der Waals surface area contributed by atoms with Crippen LogP contribution in [-0.4, -0.2) is 30.3 Å². The van der Waals surface area contributed by atoms with Crippen LogP contribution in [0.1, 0.15) is 6.42 Å². The van der Waals surface area contributed by atoms with Crippen LogP contribution in [-0.2, 0) is 0 Å². The summed E-state index contributed by atoms with van der Waals surface area (Å²) in [6, 6.07) is 12.8. The molecule has 1 heterocycles. The molecular formula is C13H16N2S. The van der Waals surface area contributed by atoms with Gasteiger partial charge in [0.1, 0.15) is 0 Å². The van der Waals surface area contributed by atoms with E-state index >= 15 is 0 Å². The Morgan fingerprint density at radius 3 is 2.81 bits per heavy atom. The van der Waals surface area contributed by atoms with Crippen molar-refractivity contribution >= 4 is 11.8 Å². The predicted octanol–water partition coefficient (Wildman–Crippen LogP) is 2.62. The fourth-order valence-corrected chi connectivity index (χ4v) is 3.23. The Labute approximate surface area is 101 Å². The fourth-order valence-electron chi connectivity index (χ4n) is 2.03. The van der Waals surface area contributed by atoms with E-state index in [2.05, 4.69) is 42.3 Å². The molecule has 1 aromatic rings. The van der Waals surface area contributed by atoms with Crippen molar-refractivity contribution in [2.45, 2.75) is 16.6 Å². The zero-order valence-electron chi connectivity index (χ0n) is 9.47. The number of nitrogens with zero attached hydrogens (tertiary/aromatic N) is 2. The van der Waals surface area contributed by atoms with Crippen LogP contribution in [0.2, 0.25) is 0 Å². The van der Waals surface area contributed by atoms with E-state index in [9.17, 15) is 0 Å². The van der Waals surface area contributed by atoms with Crippen LogP contribution in [0, 0.1) is 17.2 Å². The van der Waals surface area contributed by atoms with Crippen LogP contribution in [0.15, 0.2) is 35.2 Å². The maximum absolute atomic E-state index is 9.17. The molecule has 0 aromatic heterocycles. The number of rotatable bonds is 2. The third kappa shape index (κ3) is 2.78. The van der Waals surface area contributed by atoms with E-state index in [-0.39, 0.29) is 5.92 Å². The second kappa shape index (κ2) is 5.38. The van der Waals surface area contributed by atoms with Gasteiger partial charge in [0.15, 0.2) is 0 Å². The van der Waals surface area contributed by atoms with Gasteiger partial charge in [-0.25, -0.2) is 0 Å². The van der Waals surface area contributed by atoms with Gasteiger partial charge in [-0.2, -0.15) is 5.26 Å². The normalized spacial score (nSPS) is 26.2. The quantitative estimate of drug-likeness (QED) is 0.784. The largest absolute Gasteiger partial charge is 0.305 e. The third-order valence-corrected chi connectivity index (χ3v) is 4.36. The number of hydrogen-bond donors (Lipinski definition) is 0. The highest BCUT2D eigenvalue weighted by Crippen LogP contribution is 2.32. The SMILES string of the molecule is CN1CCC(Sc2ccccc2)C(C#N)C1. The van der Waals surface area contributed by atoms with Crippen LogP contribution < -0.4 is 0 Å². The minimum absolute atomic E-state index is 0.156. The molecule has 1 aliphatic rings. The lowest BCUT2D eigenvalue weighted by Crippen LogP contribution is -2.38. The van der Waals surface area contributed by atoms with E-state index in [0.717, 1.165) is 19.5 Å². The molecule has 0 amide bonds. The standard InChI is InChI=1S/C13H16N2S/c1-15-8-7-13(11(9-14)10-15)16-12-5-3-2-4-6-12/h2-6,11,13H,7-8,10H2,1H3. The van der Waals surface area contributed by atoms with E-state index < -0.39 is 0 Å². The van der Waals surface area contributed by atoms with Gasteiger partial charge in [0, 0.05) is 16.7 Å². The number of hydrogen-bond acceptors (Lipinski definition) is 3. The van der Waals surface area contributed by atoms with E-state index in [1.54, 1.807) is 0 Å². The highest BCUT2D eigenvalue weighted by atomic mass is 32.2. The summed E-state index contributed by atoms with van der Waals surface area (Å²) >= 11 is 1.85. The van der Waals surface area contributed by atoms with Crippen LogP contribution in [0.4, 0.5) is 0 Å². The Balaban J connectivity index is 2.02. The lowest BCUT2D eigenvalue weighted by molar-refractivity contribution is 0.247. The highest BCUT2D eigenvalue weighted by Gasteiger charge is 2.28. The molecule has 0 radical (unpaired) electrons. The number of thioether (sulfide) groups is 1. The van der Waals surface area contributed by atoms with Crippen LogP contribution >= 0.6 is 11.8 Å². The Hall–Kier alpha value is -0.980. The number of nitriles is 1. The molecule has 1 aliphatic heterocycles. The molecule has 0 N–H and O–H groups in total. The minimum Gasteiger partial charge on any atom is -0.305 e. The monoisotopic (exact) mass is 232 g/mol. The molecule has 0 aliphatic carbocycles. The first-order chi connectivity index (χ1) is 7.79. The first-order valence-corrected chi connectivity index (χ1v) is 6.47. The summed E-state index contributed by atoms with van der Waals surface area (Å²) in [5.41, 5.74) is 0. The molecule has 2 atom stereocenters. The Kier molecular flexibility index (Phi) is 3.87. The first kappa shape index (κ1) is 11.5. The molecule has 2 rings (SSSR count). The summed E-state index contributed by atoms with van der Waals surface area (Å²) in [4.78, 5) is 3.52. The fraction of sp³-hybridized carbons (Fsp3) is 0.462. The minimum atomic E-state index is 0.156. The van der Waals surface area contributed by atoms with Gasteiger partial charge in [0.25, 0.3) is 0 Å². The maximum Gasteiger partial charge on any atom is 0.0712 e. The van der Waals surface area contributed by atoms with Gasteiger partial charge in [-0.05, 0) is 32.1 Å². The lowest BCUT2D eigenvalue weighted by Gasteiger charge is -2.32. The predicted molar refractivity (Wildman–Crippen MR) is 67.3 cm³/mol. The highest BCUT2D eigenvalue weighted by molar-refractivity contribution is 8.00. The summed E-state index contributed by atoms with van der Waals surface area (Å²) in [5, 5.41) is 9.62. The van der Waals surface area contributed by atoms with Crippen molar-refractivity contribution in [2.24, 2.45) is 5.92 Å². The second-order valence-corrected chi connectivity index (χ2v) is 5.57. The molecular weight excluding hydrogens is 216 g/mol. The number of piperidine rings is 1. The zero-order chi connectivity index (χ0) is 11.4. The number of benzene rings is 1. The van der Waals surface area contributed by atoms with Crippen molar-refractivity contribution in [1.82, 2.24) is 4.90 Å². The van der Waals surface area contributed by atoms with E-state index in [1.165, 1.54) is 4.90 Å². The second-order valence-electron chi connectivity index (χ2n) is 4.26. The molecule has 0 bridgehead atoms. The smallest absolute Gasteiger partial charge is 0.0712 e. The topological polar surface area (TPSA) is 27.0 Å². The van der Waals surface area contributed by atoms with Crippen molar-refractivity contribution in [3.63, 3.8) is 0 Å². The van der Waals surface area contributed by atoms with Crippen molar-refractivity contribution in [2.75, 3.05) is 20.1 Å². The van der Waals surface area contributed by atoms with E-state index in [4.69, 9.17) is 5.26 Å². The van der Waals surface area contributed by atoms with Crippen LogP contribution in [0.5, 0.6) is 0 Å². The Bertz CT molecular complexity index is 371. The maximum atomic E-state index is 9.17. The molecule has 3 heteroatoms. The third-order valence-electron chi connectivity index (χ3n) is 2.95. The molecule has 1 aromatic carbocycles. The van der Waals surface area contributed by atoms with Gasteiger partial charge in [0.2, 0.25) is 0 Å². The van der Waals surface area contributed by atoms with Crippen LogP contribution in [0.25, 0.3) is 0 Å². The molecule has 84 valence electrons. The van der Waals surface area contributed by atoms with Gasteiger partial charge in [-0.3, -0.25) is 0 Å². The average Bonchev–Trinajstić information content (AvgIpc) is 2.33. The summed E-state index contributed by atoms with van der Waals surface area (Å²) < 4.78 is 0.